The van der Waals surface area contributed by atoms with Crippen LogP contribution in [0.15, 0.2) is 53.6 Å². The first kappa shape index (κ1) is 17.8. The number of rotatable bonds is 4. The fraction of sp³-hybridized carbons (Fsp3) is 0.125. The van der Waals surface area contributed by atoms with Gasteiger partial charge in [0.1, 0.15) is 0 Å². The number of alkyl halides is 3. The molecule has 0 heterocycles. The second-order valence-electron chi connectivity index (χ2n) is 4.85. The third kappa shape index (κ3) is 4.99. The van der Waals surface area contributed by atoms with Crippen LogP contribution >= 0.6 is 11.6 Å². The van der Waals surface area contributed by atoms with Crippen molar-refractivity contribution in [1.82, 2.24) is 5.43 Å². The molecule has 0 fully saturated rings. The van der Waals surface area contributed by atoms with Crippen LogP contribution in [0.4, 0.5) is 18.0 Å². The molecule has 8 heteroatoms. The van der Waals surface area contributed by atoms with Crippen molar-refractivity contribution in [2.24, 2.45) is 5.10 Å². The number of hydrazone groups is 1. The number of carboxylic acid groups (broad SMARTS) is 1. The number of amides is 1. The van der Waals surface area contributed by atoms with Gasteiger partial charge in [0.05, 0.1) is 11.3 Å². The Morgan fingerprint density at radius 1 is 1.08 bits per heavy atom. The Balaban J connectivity index is 2.26. The molecular weight excluding hydrogens is 345 g/mol. The average molecular weight is 357 g/mol. The normalized spacial score (nSPS) is 12.1. The van der Waals surface area contributed by atoms with Crippen LogP contribution < -0.4 is 5.43 Å². The first-order valence-electron chi connectivity index (χ1n) is 6.73. The number of carbonyl (C=O) groups is 1. The van der Waals surface area contributed by atoms with E-state index in [-0.39, 0.29) is 6.42 Å². The largest absolute Gasteiger partial charge is 0.464 e. The van der Waals surface area contributed by atoms with Crippen LogP contribution in [0.1, 0.15) is 16.7 Å². The quantitative estimate of drug-likeness (QED) is 0.622. The van der Waals surface area contributed by atoms with Crippen molar-refractivity contribution >= 4 is 23.4 Å². The molecule has 0 radical (unpaired) electrons. The zero-order valence-electron chi connectivity index (χ0n) is 12.1. The van der Waals surface area contributed by atoms with Crippen LogP contribution in [-0.4, -0.2) is 16.9 Å². The number of hydrogen-bond acceptors (Lipinski definition) is 2. The van der Waals surface area contributed by atoms with Crippen molar-refractivity contribution in [3.05, 3.63) is 70.2 Å². The predicted octanol–water partition coefficient (Wildman–Crippen LogP) is 4.57. The summed E-state index contributed by atoms with van der Waals surface area (Å²) in [6.07, 6.45) is -5.59. The molecule has 0 bridgehead atoms. The van der Waals surface area contributed by atoms with Crippen LogP contribution in [-0.2, 0) is 12.6 Å². The molecule has 2 N–H and O–H groups in total. The van der Waals surface area contributed by atoms with Crippen LogP contribution in [0.3, 0.4) is 0 Å². The highest BCUT2D eigenvalue weighted by Crippen LogP contribution is 2.29. The minimum absolute atomic E-state index is 0.153. The molecule has 0 aliphatic rings. The Hall–Kier alpha value is -2.54. The summed E-state index contributed by atoms with van der Waals surface area (Å²) in [5, 5.41) is 13.0. The summed E-state index contributed by atoms with van der Waals surface area (Å²) in [4.78, 5) is 10.6. The summed E-state index contributed by atoms with van der Waals surface area (Å²) in [6, 6.07) is 11.1. The van der Waals surface area contributed by atoms with Gasteiger partial charge in [-0.15, -0.1) is 0 Å². The summed E-state index contributed by atoms with van der Waals surface area (Å²) in [5.41, 5.74) is 2.68. The molecule has 4 nitrogen and oxygen atoms in total. The molecular formula is C16H12ClF3N2O2. The lowest BCUT2D eigenvalue weighted by Gasteiger charge is -2.10. The topological polar surface area (TPSA) is 61.7 Å². The van der Waals surface area contributed by atoms with Gasteiger partial charge in [0.2, 0.25) is 0 Å². The molecule has 2 rings (SSSR count). The molecule has 2 aromatic rings. The van der Waals surface area contributed by atoms with Crippen LogP contribution in [0.2, 0.25) is 5.02 Å². The van der Waals surface area contributed by atoms with E-state index in [9.17, 15) is 18.0 Å². The molecule has 0 saturated carbocycles. The monoisotopic (exact) mass is 356 g/mol. The highest BCUT2D eigenvalue weighted by Gasteiger charge is 2.29. The van der Waals surface area contributed by atoms with Gasteiger partial charge in [-0.1, -0.05) is 35.9 Å². The molecule has 24 heavy (non-hydrogen) atoms. The molecule has 126 valence electrons. The summed E-state index contributed by atoms with van der Waals surface area (Å²) < 4.78 is 37.7. The van der Waals surface area contributed by atoms with Gasteiger partial charge in [-0.3, -0.25) is 0 Å². The Kier molecular flexibility index (Phi) is 5.46. The zero-order chi connectivity index (χ0) is 17.7. The Morgan fingerprint density at radius 3 is 2.17 bits per heavy atom. The van der Waals surface area contributed by atoms with Crippen molar-refractivity contribution in [3.8, 4) is 0 Å². The molecule has 0 unspecified atom stereocenters. The van der Waals surface area contributed by atoms with E-state index < -0.39 is 17.8 Å². The van der Waals surface area contributed by atoms with E-state index >= 15 is 0 Å². The van der Waals surface area contributed by atoms with E-state index in [1.54, 1.807) is 24.3 Å². The SMILES string of the molecule is O=C(O)NN=C(Cc1ccc(C(F)(F)F)cc1)c1ccc(Cl)cc1. The molecule has 0 saturated heterocycles. The van der Waals surface area contributed by atoms with Gasteiger partial charge in [-0.25, -0.2) is 10.2 Å². The zero-order valence-corrected chi connectivity index (χ0v) is 12.9. The lowest BCUT2D eigenvalue weighted by atomic mass is 10.0. The number of halogens is 4. The standard InChI is InChI=1S/C16H12ClF3N2O2/c17-13-7-3-11(4-8-13)14(21-22-15(23)24)9-10-1-5-12(6-2-10)16(18,19)20/h1-8,22H,9H2,(H,23,24). The van der Waals surface area contributed by atoms with E-state index in [0.717, 1.165) is 12.1 Å². The molecule has 0 aromatic heterocycles. The Morgan fingerprint density at radius 2 is 1.67 bits per heavy atom. The van der Waals surface area contributed by atoms with Crippen molar-refractivity contribution < 1.29 is 23.1 Å². The second-order valence-corrected chi connectivity index (χ2v) is 5.29. The predicted molar refractivity (Wildman–Crippen MR) is 84.3 cm³/mol. The fourth-order valence-corrected chi connectivity index (χ4v) is 2.09. The van der Waals surface area contributed by atoms with Crippen molar-refractivity contribution in [1.29, 1.82) is 0 Å². The minimum atomic E-state index is -4.41. The van der Waals surface area contributed by atoms with Gasteiger partial charge < -0.3 is 5.11 Å². The lowest BCUT2D eigenvalue weighted by molar-refractivity contribution is -0.137. The van der Waals surface area contributed by atoms with Gasteiger partial charge in [0, 0.05) is 11.4 Å². The first-order valence-corrected chi connectivity index (χ1v) is 7.11. The average Bonchev–Trinajstić information content (AvgIpc) is 2.52. The summed E-state index contributed by atoms with van der Waals surface area (Å²) in [7, 11) is 0. The second kappa shape index (κ2) is 7.35. The van der Waals surface area contributed by atoms with E-state index in [2.05, 4.69) is 5.10 Å². The number of hydrogen-bond donors (Lipinski definition) is 2. The maximum Gasteiger partial charge on any atom is 0.425 e. The van der Waals surface area contributed by atoms with Crippen LogP contribution in [0.5, 0.6) is 0 Å². The van der Waals surface area contributed by atoms with Gasteiger partial charge >= 0.3 is 12.3 Å². The highest BCUT2D eigenvalue weighted by atomic mass is 35.5. The Bertz CT molecular complexity index is 741. The maximum atomic E-state index is 12.6. The number of nitrogens with zero attached hydrogens (tertiary/aromatic N) is 1. The summed E-state index contributed by atoms with van der Waals surface area (Å²) in [5.74, 6) is 0. The molecule has 0 atom stereocenters. The first-order chi connectivity index (χ1) is 11.3. The van der Waals surface area contributed by atoms with Gasteiger partial charge in [-0.05, 0) is 35.4 Å². The molecule has 1 amide bonds. The smallest absolute Gasteiger partial charge is 0.425 e. The van der Waals surface area contributed by atoms with Gasteiger partial charge in [-0.2, -0.15) is 18.3 Å². The molecule has 0 aliphatic carbocycles. The maximum absolute atomic E-state index is 12.6. The van der Waals surface area contributed by atoms with E-state index in [4.69, 9.17) is 16.7 Å². The number of benzene rings is 2. The Labute approximate surface area is 140 Å². The van der Waals surface area contributed by atoms with Gasteiger partial charge in [0.15, 0.2) is 0 Å². The van der Waals surface area contributed by atoms with Crippen LogP contribution in [0.25, 0.3) is 0 Å². The highest BCUT2D eigenvalue weighted by molar-refractivity contribution is 6.30. The van der Waals surface area contributed by atoms with Crippen molar-refractivity contribution in [2.45, 2.75) is 12.6 Å². The molecule has 0 spiro atoms. The van der Waals surface area contributed by atoms with Crippen LogP contribution in [0, 0.1) is 0 Å². The summed E-state index contributed by atoms with van der Waals surface area (Å²) in [6.45, 7) is 0. The van der Waals surface area contributed by atoms with E-state index in [1.165, 1.54) is 12.1 Å². The van der Waals surface area contributed by atoms with Crippen molar-refractivity contribution in [2.75, 3.05) is 0 Å². The number of nitrogens with one attached hydrogen (secondary N) is 1. The molecule has 2 aromatic carbocycles. The summed E-state index contributed by atoms with van der Waals surface area (Å²) >= 11 is 5.81. The van der Waals surface area contributed by atoms with Crippen molar-refractivity contribution in [3.63, 3.8) is 0 Å². The van der Waals surface area contributed by atoms with E-state index in [0.29, 0.717) is 21.9 Å². The van der Waals surface area contributed by atoms with Gasteiger partial charge in [0.25, 0.3) is 0 Å². The lowest BCUT2D eigenvalue weighted by Crippen LogP contribution is -2.18. The molecule has 0 aliphatic heterocycles. The third-order valence-corrected chi connectivity index (χ3v) is 3.37. The third-order valence-electron chi connectivity index (χ3n) is 3.12. The fourth-order valence-electron chi connectivity index (χ4n) is 1.97. The minimum Gasteiger partial charge on any atom is -0.464 e. The van der Waals surface area contributed by atoms with E-state index in [1.807, 2.05) is 5.43 Å².